The van der Waals surface area contributed by atoms with Gasteiger partial charge in [0.15, 0.2) is 0 Å². The van der Waals surface area contributed by atoms with Gasteiger partial charge >= 0.3 is 0 Å². The highest BCUT2D eigenvalue weighted by molar-refractivity contribution is 7.00. The summed E-state index contributed by atoms with van der Waals surface area (Å²) in [7, 11) is 0. The topological polar surface area (TPSA) is 16.3 Å². The summed E-state index contributed by atoms with van der Waals surface area (Å²) >= 11 is 0. The van der Waals surface area contributed by atoms with E-state index < -0.39 is 0 Å². The Kier molecular flexibility index (Phi) is 12.2. The number of nitrogens with zero attached hydrogens (tertiary/aromatic N) is 4. The van der Waals surface area contributed by atoms with Gasteiger partial charge in [0, 0.05) is 61.4 Å². The number of hydrogen-bond acceptors (Lipinski definition) is 2. The van der Waals surface area contributed by atoms with Crippen molar-refractivity contribution in [2.45, 2.75) is 116 Å². The second-order valence-electron chi connectivity index (χ2n) is 31.6. The van der Waals surface area contributed by atoms with Crippen LogP contribution in [0.15, 0.2) is 255 Å². The van der Waals surface area contributed by atoms with E-state index in [1.807, 2.05) is 0 Å². The van der Waals surface area contributed by atoms with Gasteiger partial charge in [-0.1, -0.05) is 252 Å². The third-order valence-corrected chi connectivity index (χ3v) is 22.4. The van der Waals surface area contributed by atoms with Gasteiger partial charge in [-0.05, 0) is 196 Å². The van der Waals surface area contributed by atoms with Crippen molar-refractivity contribution in [1.82, 2.24) is 9.13 Å². The average Bonchev–Trinajstić information content (AvgIpc) is 1.52. The Balaban J connectivity index is 0.923. The standard InChI is InChI=1S/C90H79BN4/c1-86(2,3)70-27-17-12-22-65(70)60-38-47-81-76(50-60)91-75-46-43-63(94-77-28-18-13-23-66(77)67-24-14-19-29-78(67)94)51-82(75)93(62-41-34-57(35-42-62)59-37-45-72-74(49-59)90(10,11)55-88(72,6)7)84-53-64(95-79-30-20-15-25-68(79)69-26-16-21-31-80(69)95)52-83(85(84)91)92(81)61-39-32-56(33-40-61)58-36-44-71-73(48-58)89(8,9)54-87(71,4)5/h12-53H,54-55H2,1-11H3. The zero-order valence-electron chi connectivity index (χ0n) is 56.5. The molecule has 12 aromatic carbocycles. The van der Waals surface area contributed by atoms with Crippen LogP contribution in [0.1, 0.15) is 117 Å². The molecule has 4 aliphatic rings. The third kappa shape index (κ3) is 8.66. The molecule has 0 bridgehead atoms. The summed E-state index contributed by atoms with van der Waals surface area (Å²) in [6.45, 7) is 26.2. The molecule has 0 saturated carbocycles. The molecule has 2 aliphatic carbocycles. The minimum absolute atomic E-state index is 0.0830. The Morgan fingerprint density at radius 2 is 0.695 bits per heavy atom. The monoisotopic (exact) mass is 1230 g/mol. The summed E-state index contributed by atoms with van der Waals surface area (Å²) in [5.74, 6) is 0. The lowest BCUT2D eigenvalue weighted by molar-refractivity contribution is 0.402. The molecule has 0 saturated heterocycles. The molecule has 18 rings (SSSR count). The molecule has 0 radical (unpaired) electrons. The highest BCUT2D eigenvalue weighted by Gasteiger charge is 2.46. The van der Waals surface area contributed by atoms with Crippen LogP contribution in [0.25, 0.3) is 88.4 Å². The van der Waals surface area contributed by atoms with Crippen LogP contribution in [0.3, 0.4) is 0 Å². The number of rotatable bonds is 7. The summed E-state index contributed by atoms with van der Waals surface area (Å²) in [5, 5.41) is 4.96. The van der Waals surface area contributed by atoms with Crippen molar-refractivity contribution < 1.29 is 0 Å². The maximum atomic E-state index is 2.62. The highest BCUT2D eigenvalue weighted by Crippen LogP contribution is 2.54. The molecule has 95 heavy (non-hydrogen) atoms. The maximum Gasteiger partial charge on any atom is 0.252 e. The van der Waals surface area contributed by atoms with E-state index in [0.717, 1.165) is 52.7 Å². The molecule has 0 atom stereocenters. The fourth-order valence-corrected chi connectivity index (χ4v) is 18.7. The maximum absolute atomic E-state index is 2.62. The molecule has 462 valence electrons. The quantitative estimate of drug-likeness (QED) is 0.148. The molecule has 0 amide bonds. The van der Waals surface area contributed by atoms with Crippen LogP contribution >= 0.6 is 0 Å². The second kappa shape index (κ2) is 20.2. The predicted octanol–water partition coefficient (Wildman–Crippen LogP) is 22.2. The van der Waals surface area contributed by atoms with Crippen molar-refractivity contribution in [3.05, 3.63) is 283 Å². The first-order valence-electron chi connectivity index (χ1n) is 34.3. The Hall–Kier alpha value is -10.1. The van der Waals surface area contributed by atoms with Crippen LogP contribution in [-0.2, 0) is 27.1 Å². The van der Waals surface area contributed by atoms with Crippen LogP contribution in [-0.4, -0.2) is 15.8 Å². The van der Waals surface area contributed by atoms with Gasteiger partial charge in [0.25, 0.3) is 6.71 Å². The normalized spacial score (nSPS) is 16.1. The summed E-state index contributed by atoms with van der Waals surface area (Å²) in [6, 6.07) is 98.3. The van der Waals surface area contributed by atoms with Crippen molar-refractivity contribution in [3.63, 3.8) is 0 Å². The van der Waals surface area contributed by atoms with E-state index in [1.54, 1.807) is 0 Å². The third-order valence-electron chi connectivity index (χ3n) is 22.4. The first-order chi connectivity index (χ1) is 45.7. The summed E-state index contributed by atoms with van der Waals surface area (Å²) in [4.78, 5) is 5.23. The smallest absolute Gasteiger partial charge is 0.252 e. The minimum atomic E-state index is -0.157. The van der Waals surface area contributed by atoms with E-state index in [4.69, 9.17) is 0 Å². The fraction of sp³-hybridized carbons (Fsp3) is 0.200. The summed E-state index contributed by atoms with van der Waals surface area (Å²) in [5.41, 5.74) is 32.6. The zero-order valence-corrected chi connectivity index (χ0v) is 56.5. The van der Waals surface area contributed by atoms with Gasteiger partial charge in [0.2, 0.25) is 0 Å². The minimum Gasteiger partial charge on any atom is -0.311 e. The molecule has 4 nitrogen and oxygen atoms in total. The molecular weight excluding hydrogens is 1150 g/mol. The number of fused-ring (bicyclic) bond motifs is 12. The van der Waals surface area contributed by atoms with Gasteiger partial charge in [-0.15, -0.1) is 0 Å². The zero-order chi connectivity index (χ0) is 64.8. The van der Waals surface area contributed by atoms with Gasteiger partial charge in [-0.2, -0.15) is 0 Å². The Morgan fingerprint density at radius 3 is 1.18 bits per heavy atom. The summed E-state index contributed by atoms with van der Waals surface area (Å²) in [6.07, 6.45) is 2.27. The number of hydrogen-bond donors (Lipinski definition) is 0. The first kappa shape index (κ1) is 57.6. The predicted molar refractivity (Wildman–Crippen MR) is 405 cm³/mol. The Labute approximate surface area is 559 Å². The highest BCUT2D eigenvalue weighted by atomic mass is 15.2. The van der Waals surface area contributed by atoms with Crippen molar-refractivity contribution in [2.75, 3.05) is 9.80 Å². The van der Waals surface area contributed by atoms with Crippen molar-refractivity contribution in [3.8, 4) is 44.8 Å². The lowest BCUT2D eigenvalue weighted by atomic mass is 9.33. The summed E-state index contributed by atoms with van der Waals surface area (Å²) < 4.78 is 5.02. The van der Waals surface area contributed by atoms with Gasteiger partial charge < -0.3 is 18.9 Å². The molecule has 0 N–H and O–H groups in total. The van der Waals surface area contributed by atoms with E-state index in [-0.39, 0.29) is 33.8 Å². The Bertz CT molecular complexity index is 5440. The molecular formula is C90H79BN4. The number of aromatic nitrogens is 2. The lowest BCUT2D eigenvalue weighted by Gasteiger charge is -2.44. The molecule has 14 aromatic rings. The van der Waals surface area contributed by atoms with Gasteiger partial charge in [-0.3, -0.25) is 0 Å². The van der Waals surface area contributed by atoms with E-state index in [9.17, 15) is 0 Å². The van der Waals surface area contributed by atoms with Crippen LogP contribution < -0.4 is 26.2 Å². The van der Waals surface area contributed by atoms with Crippen molar-refractivity contribution in [1.29, 1.82) is 0 Å². The van der Waals surface area contributed by atoms with Gasteiger partial charge in [-0.25, -0.2) is 0 Å². The second-order valence-corrected chi connectivity index (χ2v) is 31.6. The van der Waals surface area contributed by atoms with E-state index in [0.29, 0.717) is 0 Å². The van der Waals surface area contributed by atoms with Crippen LogP contribution in [0.4, 0.5) is 34.1 Å². The van der Waals surface area contributed by atoms with Crippen LogP contribution in [0, 0.1) is 0 Å². The van der Waals surface area contributed by atoms with Crippen LogP contribution in [0.2, 0.25) is 0 Å². The lowest BCUT2D eigenvalue weighted by Crippen LogP contribution is -2.61. The molecule has 0 unspecified atom stereocenters. The molecule has 2 aromatic heterocycles. The fourth-order valence-electron chi connectivity index (χ4n) is 18.7. The molecule has 2 aliphatic heterocycles. The van der Waals surface area contributed by atoms with Crippen molar-refractivity contribution in [2.24, 2.45) is 0 Å². The number of anilines is 6. The van der Waals surface area contributed by atoms with Gasteiger partial charge in [0.1, 0.15) is 0 Å². The Morgan fingerprint density at radius 1 is 0.305 bits per heavy atom. The molecule has 0 fully saturated rings. The number of benzene rings is 12. The first-order valence-corrected chi connectivity index (χ1v) is 34.3. The molecule has 0 spiro atoms. The van der Waals surface area contributed by atoms with Crippen molar-refractivity contribution >= 4 is 101 Å². The largest absolute Gasteiger partial charge is 0.311 e. The van der Waals surface area contributed by atoms with E-state index >= 15 is 0 Å². The molecule has 4 heterocycles. The number of para-hydroxylation sites is 4. The van der Waals surface area contributed by atoms with Gasteiger partial charge in [0.05, 0.1) is 27.8 Å². The average molecular weight is 1230 g/mol. The van der Waals surface area contributed by atoms with Crippen LogP contribution in [0.5, 0.6) is 0 Å². The SMILES string of the molecule is CC(C)(C)c1ccccc1-c1ccc2c(c1)B1c3ccc(-n4c5ccccc5c5ccccc54)cc3N(c3ccc(-c4ccc5c(c4)C(C)(C)CC5(C)C)cc3)c3cc(-n4c5ccccc5c5ccccc54)cc(c31)N2c1ccc(-c2ccc3c(c2)C(C)(C)CC3(C)C)cc1. The van der Waals surface area contributed by atoms with E-state index in [2.05, 4.69) is 350 Å². The van der Waals surface area contributed by atoms with E-state index in [1.165, 1.54) is 127 Å². The molecule has 5 heteroatoms.